The van der Waals surface area contributed by atoms with Crippen LogP contribution in [-0.2, 0) is 0 Å². The van der Waals surface area contributed by atoms with Gasteiger partial charge in [-0.15, -0.1) is 0 Å². The van der Waals surface area contributed by atoms with Crippen LogP contribution in [0.3, 0.4) is 0 Å². The van der Waals surface area contributed by atoms with Crippen molar-refractivity contribution >= 4 is 0 Å². The van der Waals surface area contributed by atoms with Crippen LogP contribution >= 0.6 is 0 Å². The Bertz CT molecular complexity index is 395. The van der Waals surface area contributed by atoms with Crippen molar-refractivity contribution in [3.63, 3.8) is 0 Å². The molecule has 0 bridgehead atoms. The maximum atomic E-state index is 10.4. The zero-order valence-electron chi connectivity index (χ0n) is 13.5. The molecule has 4 rings (SSSR count). The molecule has 0 saturated heterocycles. The van der Waals surface area contributed by atoms with Crippen molar-refractivity contribution in [2.24, 2.45) is 40.9 Å². The monoisotopic (exact) mass is 292 g/mol. The maximum Gasteiger partial charge on any atom is 0.0596 e. The molecule has 120 valence electrons. The van der Waals surface area contributed by atoms with Crippen molar-refractivity contribution in [3.8, 4) is 0 Å². The van der Waals surface area contributed by atoms with E-state index in [-0.39, 0.29) is 11.5 Å². The zero-order valence-corrected chi connectivity index (χ0v) is 13.5. The first-order chi connectivity index (χ1) is 10.1. The van der Waals surface area contributed by atoms with Gasteiger partial charge < -0.3 is 10.2 Å². The Morgan fingerprint density at radius 3 is 2.52 bits per heavy atom. The molecule has 2 heteroatoms. The second kappa shape index (κ2) is 5.23. The topological polar surface area (TPSA) is 40.5 Å². The number of fused-ring (bicyclic) bond motifs is 5. The lowest BCUT2D eigenvalue weighted by Crippen LogP contribution is -2.49. The number of aliphatic hydroxyl groups is 2. The van der Waals surface area contributed by atoms with Gasteiger partial charge in [0.1, 0.15) is 0 Å². The van der Waals surface area contributed by atoms with E-state index in [0.29, 0.717) is 12.5 Å². The quantitative estimate of drug-likeness (QED) is 0.775. The van der Waals surface area contributed by atoms with Gasteiger partial charge in [0, 0.05) is 6.61 Å². The number of hydrogen-bond donors (Lipinski definition) is 2. The van der Waals surface area contributed by atoms with Crippen LogP contribution in [0.15, 0.2) is 0 Å². The summed E-state index contributed by atoms with van der Waals surface area (Å²) in [5, 5.41) is 19.9. The van der Waals surface area contributed by atoms with Crippen molar-refractivity contribution < 1.29 is 10.2 Å². The molecule has 0 aromatic carbocycles. The molecule has 21 heavy (non-hydrogen) atoms. The Kier molecular flexibility index (Phi) is 3.61. The second-order valence-corrected chi connectivity index (χ2v) is 8.93. The largest absolute Gasteiger partial charge is 0.396 e. The Hall–Kier alpha value is -0.0800. The van der Waals surface area contributed by atoms with E-state index in [4.69, 9.17) is 0 Å². The van der Waals surface area contributed by atoms with E-state index in [9.17, 15) is 10.2 Å². The smallest absolute Gasteiger partial charge is 0.0596 e. The molecule has 0 aromatic rings. The van der Waals surface area contributed by atoms with Crippen LogP contribution < -0.4 is 0 Å². The molecule has 0 amide bonds. The summed E-state index contributed by atoms with van der Waals surface area (Å²) >= 11 is 0. The predicted molar refractivity (Wildman–Crippen MR) is 83.7 cm³/mol. The molecule has 2 N–H and O–H groups in total. The molecule has 4 saturated carbocycles. The minimum atomic E-state index is -0.0358. The third-order valence-corrected chi connectivity index (χ3v) is 8.27. The first-order valence-electron chi connectivity index (χ1n) is 9.42. The standard InChI is InChI=1S/C19H32O2/c1-19-9-8-15-14-4-2-12(11-20)10-13(14)3-5-16(15)17(19)6-7-18(19)21/h12-18,20-21H,2-11H2,1H3. The van der Waals surface area contributed by atoms with E-state index >= 15 is 0 Å². The van der Waals surface area contributed by atoms with E-state index in [1.165, 1.54) is 51.4 Å². The van der Waals surface area contributed by atoms with Gasteiger partial charge in [-0.2, -0.15) is 0 Å². The molecule has 8 atom stereocenters. The van der Waals surface area contributed by atoms with Gasteiger partial charge in [0.15, 0.2) is 0 Å². The fraction of sp³-hybridized carbons (Fsp3) is 1.00. The number of rotatable bonds is 1. The fourth-order valence-corrected chi connectivity index (χ4v) is 7.09. The molecule has 0 radical (unpaired) electrons. The van der Waals surface area contributed by atoms with Gasteiger partial charge in [0.2, 0.25) is 0 Å². The van der Waals surface area contributed by atoms with E-state index in [1.54, 1.807) is 0 Å². The highest BCUT2D eigenvalue weighted by Crippen LogP contribution is 2.62. The second-order valence-electron chi connectivity index (χ2n) is 8.93. The van der Waals surface area contributed by atoms with Crippen molar-refractivity contribution in [2.75, 3.05) is 6.61 Å². The van der Waals surface area contributed by atoms with Crippen LogP contribution in [0.1, 0.15) is 64.7 Å². The molecule has 0 heterocycles. The SMILES string of the molecule is CC12CCC3C4CCC(CO)CC4CCC3C1CCC2O. The van der Waals surface area contributed by atoms with Crippen LogP contribution in [-0.4, -0.2) is 22.9 Å². The van der Waals surface area contributed by atoms with Gasteiger partial charge >= 0.3 is 0 Å². The summed E-state index contributed by atoms with van der Waals surface area (Å²) < 4.78 is 0. The molecule has 4 aliphatic carbocycles. The Labute approximate surface area is 129 Å². The van der Waals surface area contributed by atoms with Crippen molar-refractivity contribution in [1.82, 2.24) is 0 Å². The van der Waals surface area contributed by atoms with E-state index in [2.05, 4.69) is 6.92 Å². The van der Waals surface area contributed by atoms with Crippen molar-refractivity contribution in [1.29, 1.82) is 0 Å². The average Bonchev–Trinajstić information content (AvgIpc) is 2.82. The van der Waals surface area contributed by atoms with Crippen molar-refractivity contribution in [3.05, 3.63) is 0 Å². The molecule has 0 aromatic heterocycles. The van der Waals surface area contributed by atoms with Gasteiger partial charge in [0.25, 0.3) is 0 Å². The zero-order chi connectivity index (χ0) is 14.6. The minimum Gasteiger partial charge on any atom is -0.396 e. The Balaban J connectivity index is 1.53. The maximum absolute atomic E-state index is 10.4. The van der Waals surface area contributed by atoms with Crippen LogP contribution in [0.5, 0.6) is 0 Å². The normalized spacial score (nSPS) is 56.4. The average molecular weight is 292 g/mol. The summed E-state index contributed by atoms with van der Waals surface area (Å²) in [5.74, 6) is 5.05. The Morgan fingerprint density at radius 2 is 1.71 bits per heavy atom. The minimum absolute atomic E-state index is 0.0358. The molecule has 2 nitrogen and oxygen atoms in total. The molecule has 0 spiro atoms. The first kappa shape index (κ1) is 14.5. The molecular weight excluding hydrogens is 260 g/mol. The third-order valence-electron chi connectivity index (χ3n) is 8.27. The molecule has 0 aliphatic heterocycles. The van der Waals surface area contributed by atoms with E-state index in [0.717, 1.165) is 36.0 Å². The van der Waals surface area contributed by atoms with Crippen LogP contribution in [0.4, 0.5) is 0 Å². The highest BCUT2D eigenvalue weighted by molar-refractivity contribution is 5.06. The summed E-state index contributed by atoms with van der Waals surface area (Å²) in [5.41, 5.74) is 0.232. The summed E-state index contributed by atoms with van der Waals surface area (Å²) in [6, 6.07) is 0. The third kappa shape index (κ3) is 2.12. The van der Waals surface area contributed by atoms with Gasteiger partial charge in [-0.05, 0) is 98.7 Å². The molecule has 4 fully saturated rings. The lowest BCUT2D eigenvalue weighted by Gasteiger charge is -2.55. The summed E-state index contributed by atoms with van der Waals surface area (Å²) in [4.78, 5) is 0. The van der Waals surface area contributed by atoms with Gasteiger partial charge in [-0.25, -0.2) is 0 Å². The van der Waals surface area contributed by atoms with Gasteiger partial charge in [-0.3, -0.25) is 0 Å². The fourth-order valence-electron chi connectivity index (χ4n) is 7.09. The van der Waals surface area contributed by atoms with Gasteiger partial charge in [-0.1, -0.05) is 6.92 Å². The summed E-state index contributed by atoms with van der Waals surface area (Å²) in [7, 11) is 0. The predicted octanol–water partition coefficient (Wildman–Crippen LogP) is 3.61. The van der Waals surface area contributed by atoms with Gasteiger partial charge in [0.05, 0.1) is 6.10 Å². The summed E-state index contributed by atoms with van der Waals surface area (Å²) in [6.07, 6.45) is 11.6. The van der Waals surface area contributed by atoms with Crippen molar-refractivity contribution in [2.45, 2.75) is 70.8 Å². The van der Waals surface area contributed by atoms with Crippen LogP contribution in [0.2, 0.25) is 0 Å². The number of aliphatic hydroxyl groups excluding tert-OH is 2. The van der Waals surface area contributed by atoms with E-state index in [1.807, 2.05) is 0 Å². The molecule has 8 unspecified atom stereocenters. The highest BCUT2D eigenvalue weighted by Gasteiger charge is 2.56. The lowest BCUT2D eigenvalue weighted by atomic mass is 9.50. The molecular formula is C19H32O2. The summed E-state index contributed by atoms with van der Waals surface area (Å²) in [6.45, 7) is 2.78. The first-order valence-corrected chi connectivity index (χ1v) is 9.42. The lowest BCUT2D eigenvalue weighted by molar-refractivity contribution is -0.0869. The number of hydrogen-bond acceptors (Lipinski definition) is 2. The Morgan fingerprint density at radius 1 is 0.905 bits per heavy atom. The van der Waals surface area contributed by atoms with Crippen LogP contribution in [0, 0.1) is 40.9 Å². The van der Waals surface area contributed by atoms with E-state index < -0.39 is 0 Å². The van der Waals surface area contributed by atoms with Crippen LogP contribution in [0.25, 0.3) is 0 Å². The highest BCUT2D eigenvalue weighted by atomic mass is 16.3. The molecule has 4 aliphatic rings.